The molecule has 122 valence electrons. The first-order valence-electron chi connectivity index (χ1n) is 7.41. The van der Waals surface area contributed by atoms with Crippen LogP contribution in [0.4, 0.5) is 8.78 Å². The Morgan fingerprint density at radius 2 is 1.83 bits per heavy atom. The van der Waals surface area contributed by atoms with E-state index in [9.17, 15) is 13.6 Å². The lowest BCUT2D eigenvalue weighted by Gasteiger charge is -2.15. The zero-order valence-electron chi connectivity index (χ0n) is 12.9. The van der Waals surface area contributed by atoms with Crippen molar-refractivity contribution in [2.24, 2.45) is 0 Å². The van der Waals surface area contributed by atoms with Gasteiger partial charge in [0.15, 0.2) is 0 Å². The molecule has 3 rings (SSSR count). The van der Waals surface area contributed by atoms with Crippen LogP contribution in [0.2, 0.25) is 0 Å². The van der Waals surface area contributed by atoms with E-state index in [1.807, 2.05) is 0 Å². The lowest BCUT2D eigenvalue weighted by molar-refractivity contribution is 0.0940. The molecule has 2 N–H and O–H groups in total. The summed E-state index contributed by atoms with van der Waals surface area (Å²) < 4.78 is 26.9. The van der Waals surface area contributed by atoms with Gasteiger partial charge in [0, 0.05) is 11.1 Å². The molecule has 6 heteroatoms. The molecule has 1 amide bonds. The van der Waals surface area contributed by atoms with Crippen LogP contribution in [-0.2, 0) is 0 Å². The summed E-state index contributed by atoms with van der Waals surface area (Å²) in [5.74, 6) is -1.13. The van der Waals surface area contributed by atoms with Crippen molar-refractivity contribution in [2.45, 2.75) is 13.0 Å². The van der Waals surface area contributed by atoms with Crippen molar-refractivity contribution in [2.75, 3.05) is 0 Å². The molecule has 1 heterocycles. The van der Waals surface area contributed by atoms with E-state index in [2.05, 4.69) is 15.5 Å². The van der Waals surface area contributed by atoms with E-state index in [1.54, 1.807) is 37.3 Å². The molecule has 0 bridgehead atoms. The molecule has 0 radical (unpaired) electrons. The van der Waals surface area contributed by atoms with Crippen molar-refractivity contribution in [3.63, 3.8) is 0 Å². The molecule has 24 heavy (non-hydrogen) atoms. The molecule has 2 aromatic carbocycles. The van der Waals surface area contributed by atoms with Crippen LogP contribution >= 0.6 is 0 Å². The van der Waals surface area contributed by atoms with E-state index in [4.69, 9.17) is 0 Å². The first kappa shape index (κ1) is 15.9. The first-order valence-corrected chi connectivity index (χ1v) is 7.41. The molecule has 3 aromatic rings. The number of aromatic nitrogens is 2. The number of nitrogens with zero attached hydrogens (tertiary/aromatic N) is 1. The minimum Gasteiger partial charge on any atom is -0.345 e. The monoisotopic (exact) mass is 327 g/mol. The molecular weight excluding hydrogens is 312 g/mol. The van der Waals surface area contributed by atoms with E-state index in [1.165, 1.54) is 24.4 Å². The molecule has 1 unspecified atom stereocenters. The van der Waals surface area contributed by atoms with Crippen molar-refractivity contribution < 1.29 is 13.6 Å². The highest BCUT2D eigenvalue weighted by molar-refractivity contribution is 5.99. The molecule has 1 aromatic heterocycles. The molecular formula is C18H15F2N3O. The smallest absolute Gasteiger partial charge is 0.255 e. The Morgan fingerprint density at radius 1 is 1.12 bits per heavy atom. The molecule has 0 aliphatic heterocycles. The van der Waals surface area contributed by atoms with Gasteiger partial charge in [0.1, 0.15) is 11.6 Å². The standard InChI is InChI=1S/C18H15F2N3O/c1-11(14-4-2-3-5-16(14)20)22-18(24)15-10-21-23-17(15)12-6-8-13(19)9-7-12/h2-11H,1H3,(H,21,23)(H,22,24). The fraction of sp³-hybridized carbons (Fsp3) is 0.111. The Labute approximate surface area is 137 Å². The van der Waals surface area contributed by atoms with Gasteiger partial charge < -0.3 is 5.32 Å². The summed E-state index contributed by atoms with van der Waals surface area (Å²) in [5, 5.41) is 9.37. The Bertz CT molecular complexity index is 859. The second-order valence-corrected chi connectivity index (χ2v) is 5.38. The number of hydrogen-bond donors (Lipinski definition) is 2. The molecule has 0 aliphatic carbocycles. The van der Waals surface area contributed by atoms with Crippen LogP contribution in [-0.4, -0.2) is 16.1 Å². The van der Waals surface area contributed by atoms with Crippen molar-refractivity contribution in [1.29, 1.82) is 0 Å². The normalized spacial score (nSPS) is 12.0. The van der Waals surface area contributed by atoms with Crippen molar-refractivity contribution >= 4 is 5.91 Å². The summed E-state index contributed by atoms with van der Waals surface area (Å²) in [6, 6.07) is 11.5. The van der Waals surface area contributed by atoms with E-state index < -0.39 is 6.04 Å². The predicted molar refractivity (Wildman–Crippen MR) is 86.3 cm³/mol. The number of hydrogen-bond acceptors (Lipinski definition) is 2. The summed E-state index contributed by atoms with van der Waals surface area (Å²) in [6.45, 7) is 1.70. The van der Waals surface area contributed by atoms with Gasteiger partial charge in [0.05, 0.1) is 23.5 Å². The van der Waals surface area contributed by atoms with Gasteiger partial charge in [-0.05, 0) is 37.3 Å². The van der Waals surface area contributed by atoms with Gasteiger partial charge in [-0.2, -0.15) is 5.10 Å². The van der Waals surface area contributed by atoms with Crippen LogP contribution in [0.3, 0.4) is 0 Å². The van der Waals surface area contributed by atoms with E-state index in [-0.39, 0.29) is 17.5 Å². The second-order valence-electron chi connectivity index (χ2n) is 5.38. The average Bonchev–Trinajstić information content (AvgIpc) is 3.05. The third kappa shape index (κ3) is 3.17. The summed E-state index contributed by atoms with van der Waals surface area (Å²) >= 11 is 0. The van der Waals surface area contributed by atoms with Gasteiger partial charge in [-0.25, -0.2) is 8.78 Å². The van der Waals surface area contributed by atoms with Crippen molar-refractivity contribution in [3.8, 4) is 11.3 Å². The highest BCUT2D eigenvalue weighted by Gasteiger charge is 2.19. The van der Waals surface area contributed by atoms with Gasteiger partial charge in [0.2, 0.25) is 0 Å². The number of aromatic amines is 1. The first-order chi connectivity index (χ1) is 11.6. The second kappa shape index (κ2) is 6.62. The zero-order valence-corrected chi connectivity index (χ0v) is 12.9. The van der Waals surface area contributed by atoms with Gasteiger partial charge in [-0.15, -0.1) is 0 Å². The Kier molecular flexibility index (Phi) is 4.37. The van der Waals surface area contributed by atoms with Gasteiger partial charge in [0.25, 0.3) is 5.91 Å². The van der Waals surface area contributed by atoms with Crippen molar-refractivity contribution in [1.82, 2.24) is 15.5 Å². The van der Waals surface area contributed by atoms with Gasteiger partial charge >= 0.3 is 0 Å². The summed E-state index contributed by atoms with van der Waals surface area (Å²) in [6.07, 6.45) is 1.39. The highest BCUT2D eigenvalue weighted by atomic mass is 19.1. The average molecular weight is 327 g/mol. The number of nitrogens with one attached hydrogen (secondary N) is 2. The maximum atomic E-state index is 13.8. The minimum atomic E-state index is -0.505. The van der Waals surface area contributed by atoms with Crippen LogP contribution in [0.5, 0.6) is 0 Å². The third-order valence-electron chi connectivity index (χ3n) is 3.74. The molecule has 0 fully saturated rings. The number of H-pyrrole nitrogens is 1. The van der Waals surface area contributed by atoms with Crippen LogP contribution in [0.1, 0.15) is 28.9 Å². The maximum Gasteiger partial charge on any atom is 0.255 e. The number of carbonyl (C=O) groups excluding carboxylic acids is 1. The fourth-order valence-electron chi connectivity index (χ4n) is 2.47. The summed E-state index contributed by atoms with van der Waals surface area (Å²) in [4.78, 5) is 12.5. The number of halogens is 2. The van der Waals surface area contributed by atoms with E-state index in [0.717, 1.165) is 0 Å². The highest BCUT2D eigenvalue weighted by Crippen LogP contribution is 2.23. The van der Waals surface area contributed by atoms with Crippen molar-refractivity contribution in [3.05, 3.63) is 77.5 Å². The van der Waals surface area contributed by atoms with E-state index in [0.29, 0.717) is 22.4 Å². The van der Waals surface area contributed by atoms with E-state index >= 15 is 0 Å². The van der Waals surface area contributed by atoms with Crippen LogP contribution in [0.15, 0.2) is 54.7 Å². The summed E-state index contributed by atoms with van der Waals surface area (Å²) in [7, 11) is 0. The van der Waals surface area contributed by atoms with Crippen LogP contribution in [0.25, 0.3) is 11.3 Å². The number of carbonyl (C=O) groups is 1. The van der Waals surface area contributed by atoms with Crippen LogP contribution in [0, 0.1) is 11.6 Å². The molecule has 0 saturated carbocycles. The molecule has 0 spiro atoms. The lowest BCUT2D eigenvalue weighted by Crippen LogP contribution is -2.27. The quantitative estimate of drug-likeness (QED) is 0.765. The Morgan fingerprint density at radius 3 is 2.54 bits per heavy atom. The summed E-state index contributed by atoms with van der Waals surface area (Å²) in [5.41, 5.74) is 1.83. The van der Waals surface area contributed by atoms with Crippen LogP contribution < -0.4 is 5.32 Å². The molecule has 1 atom stereocenters. The zero-order chi connectivity index (χ0) is 17.1. The predicted octanol–water partition coefficient (Wildman–Crippen LogP) is 3.85. The van der Waals surface area contributed by atoms with Gasteiger partial charge in [-0.3, -0.25) is 9.89 Å². The fourth-order valence-corrected chi connectivity index (χ4v) is 2.47. The minimum absolute atomic E-state index is 0.310. The number of amides is 1. The molecule has 0 aliphatic rings. The Hall–Kier alpha value is -3.02. The topological polar surface area (TPSA) is 57.8 Å². The SMILES string of the molecule is CC(NC(=O)c1cn[nH]c1-c1ccc(F)cc1)c1ccccc1F. The van der Waals surface area contributed by atoms with Gasteiger partial charge in [-0.1, -0.05) is 18.2 Å². The largest absolute Gasteiger partial charge is 0.345 e. The molecule has 4 nitrogen and oxygen atoms in total. The number of rotatable bonds is 4. The Balaban J connectivity index is 1.83. The molecule has 0 saturated heterocycles. The third-order valence-corrected chi connectivity index (χ3v) is 3.74. The lowest BCUT2D eigenvalue weighted by atomic mass is 10.1. The number of benzene rings is 2. The maximum absolute atomic E-state index is 13.8.